The van der Waals surface area contributed by atoms with Crippen LogP contribution in [0.4, 0.5) is 0 Å². The van der Waals surface area contributed by atoms with Gasteiger partial charge in [0, 0.05) is 25.4 Å². The molecule has 88 valence electrons. The van der Waals surface area contributed by atoms with Crippen LogP contribution < -0.4 is 0 Å². The second-order valence-electron chi connectivity index (χ2n) is 3.51. The van der Waals surface area contributed by atoms with Crippen LogP contribution in [0.5, 0.6) is 0 Å². The first-order valence-electron chi connectivity index (χ1n) is 4.89. The molecular formula is C10H10ClN5O. The summed E-state index contributed by atoms with van der Waals surface area (Å²) in [4.78, 5) is 13.5. The summed E-state index contributed by atoms with van der Waals surface area (Å²) in [6.45, 7) is 0.458. The highest BCUT2D eigenvalue weighted by atomic mass is 35.5. The van der Waals surface area contributed by atoms with Gasteiger partial charge in [-0.1, -0.05) is 11.6 Å². The number of carbonyl (C=O) groups is 1. The van der Waals surface area contributed by atoms with E-state index in [1.807, 2.05) is 0 Å². The summed E-state index contributed by atoms with van der Waals surface area (Å²) in [7, 11) is 1.69. The second kappa shape index (κ2) is 4.92. The summed E-state index contributed by atoms with van der Waals surface area (Å²) in [6.07, 6.45) is 3.40. The number of halogens is 1. The van der Waals surface area contributed by atoms with Crippen molar-refractivity contribution >= 4 is 17.5 Å². The molecule has 1 amide bonds. The van der Waals surface area contributed by atoms with Gasteiger partial charge < -0.3 is 4.90 Å². The zero-order chi connectivity index (χ0) is 12.3. The molecule has 0 unspecified atom stereocenters. The first-order valence-corrected chi connectivity index (χ1v) is 5.27. The van der Waals surface area contributed by atoms with Gasteiger partial charge in [-0.05, 0) is 12.1 Å². The Kier molecular flexibility index (Phi) is 3.34. The van der Waals surface area contributed by atoms with Crippen LogP contribution in [0, 0.1) is 0 Å². The van der Waals surface area contributed by atoms with E-state index in [1.165, 1.54) is 11.0 Å². The summed E-state index contributed by atoms with van der Waals surface area (Å²) in [5.74, 6) is -0.213. The van der Waals surface area contributed by atoms with Gasteiger partial charge in [0.15, 0.2) is 10.8 Å². The maximum atomic E-state index is 11.9. The predicted molar refractivity (Wildman–Crippen MR) is 61.4 cm³/mol. The lowest BCUT2D eigenvalue weighted by Gasteiger charge is -2.14. The number of aromatic amines is 1. The summed E-state index contributed by atoms with van der Waals surface area (Å²) in [5, 5.41) is 14.1. The van der Waals surface area contributed by atoms with Gasteiger partial charge >= 0.3 is 0 Å². The molecule has 0 aliphatic heterocycles. The fourth-order valence-electron chi connectivity index (χ4n) is 1.34. The standard InChI is InChI=1S/C10H10ClN5O/c1-16(6-7-4-12-13-5-7)10(17)8-2-3-9(11)15-14-8/h2-5H,6H2,1H3,(H,12,13). The van der Waals surface area contributed by atoms with E-state index >= 15 is 0 Å². The second-order valence-corrected chi connectivity index (χ2v) is 3.90. The Hall–Kier alpha value is -1.95. The molecule has 17 heavy (non-hydrogen) atoms. The van der Waals surface area contributed by atoms with Crippen LogP contribution in [-0.2, 0) is 6.54 Å². The molecule has 6 nitrogen and oxygen atoms in total. The van der Waals surface area contributed by atoms with Gasteiger partial charge in [-0.3, -0.25) is 9.89 Å². The maximum absolute atomic E-state index is 11.9. The molecule has 0 saturated carbocycles. The Morgan fingerprint density at radius 3 is 2.88 bits per heavy atom. The molecule has 0 atom stereocenters. The number of rotatable bonds is 3. The number of nitrogens with zero attached hydrogens (tertiary/aromatic N) is 4. The van der Waals surface area contributed by atoms with Crippen molar-refractivity contribution in [3.8, 4) is 0 Å². The predicted octanol–water partition coefficient (Wildman–Crippen LogP) is 1.13. The molecule has 0 aliphatic carbocycles. The molecule has 0 aromatic carbocycles. The molecule has 0 spiro atoms. The highest BCUT2D eigenvalue weighted by Crippen LogP contribution is 2.07. The van der Waals surface area contributed by atoms with Crippen molar-refractivity contribution in [2.45, 2.75) is 6.54 Å². The molecule has 0 bridgehead atoms. The molecule has 1 N–H and O–H groups in total. The van der Waals surface area contributed by atoms with Crippen LogP contribution in [0.25, 0.3) is 0 Å². The van der Waals surface area contributed by atoms with E-state index in [-0.39, 0.29) is 16.8 Å². The Bertz CT molecular complexity index is 496. The van der Waals surface area contributed by atoms with Crippen molar-refractivity contribution in [2.75, 3.05) is 7.05 Å². The number of carbonyl (C=O) groups excluding carboxylic acids is 1. The maximum Gasteiger partial charge on any atom is 0.274 e. The highest BCUT2D eigenvalue weighted by Gasteiger charge is 2.14. The monoisotopic (exact) mass is 251 g/mol. The normalized spacial score (nSPS) is 10.2. The topological polar surface area (TPSA) is 74.8 Å². The molecule has 7 heteroatoms. The third kappa shape index (κ3) is 2.79. The Morgan fingerprint density at radius 2 is 2.29 bits per heavy atom. The van der Waals surface area contributed by atoms with E-state index < -0.39 is 0 Å². The first-order chi connectivity index (χ1) is 8.16. The van der Waals surface area contributed by atoms with Crippen molar-refractivity contribution in [3.05, 3.63) is 40.9 Å². The Morgan fingerprint density at radius 1 is 1.47 bits per heavy atom. The number of H-pyrrole nitrogens is 1. The van der Waals surface area contributed by atoms with Crippen molar-refractivity contribution in [2.24, 2.45) is 0 Å². The molecule has 2 aromatic heterocycles. The van der Waals surface area contributed by atoms with Crippen molar-refractivity contribution in [1.82, 2.24) is 25.3 Å². The Balaban J connectivity index is 2.07. The smallest absolute Gasteiger partial charge is 0.274 e. The largest absolute Gasteiger partial charge is 0.336 e. The first kappa shape index (κ1) is 11.5. The van der Waals surface area contributed by atoms with E-state index in [0.717, 1.165) is 5.56 Å². The lowest BCUT2D eigenvalue weighted by atomic mass is 10.3. The number of aromatic nitrogens is 4. The number of nitrogens with one attached hydrogen (secondary N) is 1. The van der Waals surface area contributed by atoms with Gasteiger partial charge in [-0.2, -0.15) is 5.10 Å². The summed E-state index contributed by atoms with van der Waals surface area (Å²) in [5.41, 5.74) is 1.18. The van der Waals surface area contributed by atoms with Gasteiger partial charge in [0.2, 0.25) is 0 Å². The van der Waals surface area contributed by atoms with Crippen molar-refractivity contribution < 1.29 is 4.79 Å². The summed E-state index contributed by atoms with van der Waals surface area (Å²) < 4.78 is 0. The molecule has 0 saturated heterocycles. The summed E-state index contributed by atoms with van der Waals surface area (Å²) in [6, 6.07) is 3.08. The third-order valence-electron chi connectivity index (χ3n) is 2.17. The SMILES string of the molecule is CN(Cc1cn[nH]c1)C(=O)c1ccc(Cl)nn1. The molecule has 0 fully saturated rings. The average molecular weight is 252 g/mol. The van der Waals surface area contributed by atoms with Gasteiger partial charge in [0.1, 0.15) is 0 Å². The molecule has 2 rings (SSSR count). The lowest BCUT2D eigenvalue weighted by molar-refractivity contribution is 0.0778. The zero-order valence-corrected chi connectivity index (χ0v) is 9.85. The Labute approximate surface area is 103 Å². The van der Waals surface area contributed by atoms with Crippen LogP contribution in [0.3, 0.4) is 0 Å². The van der Waals surface area contributed by atoms with Crippen LogP contribution in [0.15, 0.2) is 24.5 Å². The van der Waals surface area contributed by atoms with Gasteiger partial charge in [-0.15, -0.1) is 10.2 Å². The quantitative estimate of drug-likeness (QED) is 0.887. The van der Waals surface area contributed by atoms with Crippen LogP contribution in [-0.4, -0.2) is 38.2 Å². The van der Waals surface area contributed by atoms with Gasteiger partial charge in [0.05, 0.1) is 6.20 Å². The molecule has 2 heterocycles. The van der Waals surface area contributed by atoms with Crippen LogP contribution >= 0.6 is 11.6 Å². The van der Waals surface area contributed by atoms with Gasteiger partial charge in [0.25, 0.3) is 5.91 Å². The van der Waals surface area contributed by atoms with Crippen molar-refractivity contribution in [1.29, 1.82) is 0 Å². The molecule has 0 aliphatic rings. The van der Waals surface area contributed by atoms with Crippen LogP contribution in [0.2, 0.25) is 5.15 Å². The van der Waals surface area contributed by atoms with Gasteiger partial charge in [-0.25, -0.2) is 0 Å². The lowest BCUT2D eigenvalue weighted by Crippen LogP contribution is -2.27. The van der Waals surface area contributed by atoms with Crippen LogP contribution in [0.1, 0.15) is 16.1 Å². The molecule has 2 aromatic rings. The fraction of sp³-hybridized carbons (Fsp3) is 0.200. The third-order valence-corrected chi connectivity index (χ3v) is 2.37. The number of amides is 1. The van der Waals surface area contributed by atoms with Crippen molar-refractivity contribution in [3.63, 3.8) is 0 Å². The van der Waals surface area contributed by atoms with E-state index in [9.17, 15) is 4.79 Å². The zero-order valence-electron chi connectivity index (χ0n) is 9.09. The number of hydrogen-bond donors (Lipinski definition) is 1. The summed E-state index contributed by atoms with van der Waals surface area (Å²) >= 11 is 5.60. The van der Waals surface area contributed by atoms with E-state index in [4.69, 9.17) is 11.6 Å². The van der Waals surface area contributed by atoms with E-state index in [1.54, 1.807) is 25.5 Å². The minimum atomic E-state index is -0.213. The highest BCUT2D eigenvalue weighted by molar-refractivity contribution is 6.29. The minimum absolute atomic E-state index is 0.213. The molecular weight excluding hydrogens is 242 g/mol. The average Bonchev–Trinajstić information content (AvgIpc) is 2.82. The fourth-order valence-corrected chi connectivity index (χ4v) is 1.44. The molecule has 0 radical (unpaired) electrons. The number of hydrogen-bond acceptors (Lipinski definition) is 4. The minimum Gasteiger partial charge on any atom is -0.336 e. The van der Waals surface area contributed by atoms with E-state index in [2.05, 4.69) is 20.4 Å². The van der Waals surface area contributed by atoms with E-state index in [0.29, 0.717) is 6.54 Å².